The highest BCUT2D eigenvalue weighted by Crippen LogP contribution is 2.23. The van der Waals surface area contributed by atoms with Gasteiger partial charge in [-0.05, 0) is 25.8 Å². The van der Waals surface area contributed by atoms with E-state index in [-0.39, 0.29) is 12.2 Å². The molecule has 1 aliphatic rings. The lowest BCUT2D eigenvalue weighted by molar-refractivity contribution is -0.119. The largest absolute Gasteiger partial charge is 0.299 e. The number of nitrogens with zero attached hydrogens (tertiary/aromatic N) is 2. The third-order valence-corrected chi connectivity index (χ3v) is 3.02. The topological polar surface area (TPSA) is 44.1 Å². The summed E-state index contributed by atoms with van der Waals surface area (Å²) in [7, 11) is 1.98. The van der Waals surface area contributed by atoms with E-state index in [0.717, 1.165) is 12.5 Å². The Morgan fingerprint density at radius 3 is 2.67 bits per heavy atom. The molecule has 0 heterocycles. The van der Waals surface area contributed by atoms with Gasteiger partial charge in [0.25, 0.3) is 0 Å². The van der Waals surface area contributed by atoms with Gasteiger partial charge in [-0.3, -0.25) is 9.69 Å². The number of ketones is 1. The summed E-state index contributed by atoms with van der Waals surface area (Å²) in [5.41, 5.74) is 0. The van der Waals surface area contributed by atoms with Crippen LogP contribution in [0.25, 0.3) is 0 Å². The molecule has 0 unspecified atom stereocenters. The molecule has 0 saturated heterocycles. The first-order valence-corrected chi connectivity index (χ1v) is 5.79. The van der Waals surface area contributed by atoms with Crippen LogP contribution >= 0.6 is 0 Å². The van der Waals surface area contributed by atoms with Crippen molar-refractivity contribution in [3.05, 3.63) is 0 Å². The van der Waals surface area contributed by atoms with Crippen molar-refractivity contribution in [2.75, 3.05) is 20.1 Å². The minimum Gasteiger partial charge on any atom is -0.299 e. The molecule has 84 valence electrons. The number of hydrogen-bond acceptors (Lipinski definition) is 3. The van der Waals surface area contributed by atoms with Crippen LogP contribution in [-0.4, -0.2) is 30.8 Å². The van der Waals surface area contributed by atoms with Crippen LogP contribution in [0.2, 0.25) is 0 Å². The maximum Gasteiger partial charge on any atom is 0.160 e. The van der Waals surface area contributed by atoms with Crippen molar-refractivity contribution in [1.82, 2.24) is 4.90 Å². The predicted octanol–water partition coefficient (Wildman–Crippen LogP) is 1.98. The lowest BCUT2D eigenvalue weighted by Gasteiger charge is -2.26. The van der Waals surface area contributed by atoms with E-state index in [1.807, 2.05) is 13.1 Å². The van der Waals surface area contributed by atoms with Crippen molar-refractivity contribution in [2.24, 2.45) is 5.92 Å². The second-order valence-electron chi connectivity index (χ2n) is 4.57. The summed E-state index contributed by atoms with van der Waals surface area (Å²) >= 11 is 0. The molecule has 0 amide bonds. The van der Waals surface area contributed by atoms with Gasteiger partial charge < -0.3 is 0 Å². The molecule has 0 spiro atoms. The fourth-order valence-electron chi connectivity index (χ4n) is 2.32. The van der Waals surface area contributed by atoms with Crippen molar-refractivity contribution in [1.29, 1.82) is 5.26 Å². The molecule has 1 aliphatic carbocycles. The number of nitriles is 1. The van der Waals surface area contributed by atoms with Gasteiger partial charge in [0.05, 0.1) is 19.0 Å². The molecule has 0 aromatic carbocycles. The van der Waals surface area contributed by atoms with Gasteiger partial charge in [-0.25, -0.2) is 0 Å². The van der Waals surface area contributed by atoms with Gasteiger partial charge in [-0.1, -0.05) is 19.3 Å². The van der Waals surface area contributed by atoms with Crippen LogP contribution in [0.1, 0.15) is 38.5 Å². The maximum absolute atomic E-state index is 11.2. The Bertz CT molecular complexity index is 238. The van der Waals surface area contributed by atoms with Gasteiger partial charge in [0.1, 0.15) is 0 Å². The number of carbonyl (C=O) groups is 1. The van der Waals surface area contributed by atoms with Gasteiger partial charge in [0.15, 0.2) is 5.78 Å². The molecule has 1 fully saturated rings. The Labute approximate surface area is 92.1 Å². The van der Waals surface area contributed by atoms with Crippen LogP contribution in [0.5, 0.6) is 0 Å². The van der Waals surface area contributed by atoms with Crippen molar-refractivity contribution in [3.63, 3.8) is 0 Å². The van der Waals surface area contributed by atoms with Gasteiger partial charge in [-0.2, -0.15) is 5.26 Å². The molecule has 0 atom stereocenters. The van der Waals surface area contributed by atoms with Crippen LogP contribution in [0.3, 0.4) is 0 Å². The highest BCUT2D eigenvalue weighted by atomic mass is 16.1. The standard InChI is InChI=1S/C12H20N2O/c1-14(10-12(15)7-8-13)9-11-5-3-2-4-6-11/h11H,2-7,9-10H2,1H3. The average molecular weight is 208 g/mol. The molecule has 1 saturated carbocycles. The van der Waals surface area contributed by atoms with Crippen molar-refractivity contribution in [3.8, 4) is 6.07 Å². The average Bonchev–Trinajstić information content (AvgIpc) is 2.19. The molecule has 15 heavy (non-hydrogen) atoms. The third-order valence-electron chi connectivity index (χ3n) is 3.02. The van der Waals surface area contributed by atoms with Gasteiger partial charge >= 0.3 is 0 Å². The maximum atomic E-state index is 11.2. The van der Waals surface area contributed by atoms with Crippen molar-refractivity contribution >= 4 is 5.78 Å². The molecule has 0 N–H and O–H groups in total. The number of likely N-dealkylation sites (N-methyl/N-ethyl adjacent to an activating group) is 1. The molecule has 0 aliphatic heterocycles. The van der Waals surface area contributed by atoms with E-state index >= 15 is 0 Å². The summed E-state index contributed by atoms with van der Waals surface area (Å²) in [6.45, 7) is 1.45. The number of carbonyl (C=O) groups excluding carboxylic acids is 1. The first-order valence-electron chi connectivity index (χ1n) is 5.79. The molecule has 0 bridgehead atoms. The molecule has 3 nitrogen and oxygen atoms in total. The van der Waals surface area contributed by atoms with Crippen LogP contribution in [-0.2, 0) is 4.79 Å². The Kier molecular flexibility index (Phi) is 5.34. The van der Waals surface area contributed by atoms with Crippen molar-refractivity contribution < 1.29 is 4.79 Å². The molecule has 0 radical (unpaired) electrons. The van der Waals surface area contributed by atoms with Gasteiger partial charge in [-0.15, -0.1) is 0 Å². The summed E-state index contributed by atoms with van der Waals surface area (Å²) in [6, 6.07) is 1.90. The Balaban J connectivity index is 2.19. The van der Waals surface area contributed by atoms with Crippen LogP contribution < -0.4 is 0 Å². The zero-order valence-corrected chi connectivity index (χ0v) is 9.54. The molecule has 0 aromatic rings. The van der Waals surface area contributed by atoms with Gasteiger partial charge in [0, 0.05) is 6.54 Å². The van der Waals surface area contributed by atoms with E-state index in [0.29, 0.717) is 6.54 Å². The monoisotopic (exact) mass is 208 g/mol. The predicted molar refractivity (Wildman–Crippen MR) is 59.3 cm³/mol. The zero-order chi connectivity index (χ0) is 11.1. The minimum absolute atomic E-state index is 0.0378. The summed E-state index contributed by atoms with van der Waals surface area (Å²) in [5, 5.41) is 8.38. The second kappa shape index (κ2) is 6.58. The molecule has 1 rings (SSSR count). The summed E-state index contributed by atoms with van der Waals surface area (Å²) in [5.74, 6) is 0.800. The van der Waals surface area contributed by atoms with Gasteiger partial charge in [0.2, 0.25) is 0 Å². The summed E-state index contributed by atoms with van der Waals surface area (Å²) < 4.78 is 0. The quantitative estimate of drug-likeness (QED) is 0.694. The van der Waals surface area contributed by atoms with E-state index in [4.69, 9.17) is 5.26 Å². The molecular formula is C12H20N2O. The fraction of sp³-hybridized carbons (Fsp3) is 0.833. The Morgan fingerprint density at radius 1 is 1.40 bits per heavy atom. The Hall–Kier alpha value is -0.880. The lowest BCUT2D eigenvalue weighted by Crippen LogP contribution is -2.31. The second-order valence-corrected chi connectivity index (χ2v) is 4.57. The van der Waals surface area contributed by atoms with E-state index < -0.39 is 0 Å². The highest BCUT2D eigenvalue weighted by Gasteiger charge is 2.16. The first-order chi connectivity index (χ1) is 7.22. The normalized spacial score (nSPS) is 17.7. The van der Waals surface area contributed by atoms with E-state index in [9.17, 15) is 4.79 Å². The molecular weight excluding hydrogens is 188 g/mol. The van der Waals surface area contributed by atoms with Crippen molar-refractivity contribution in [2.45, 2.75) is 38.5 Å². The highest BCUT2D eigenvalue weighted by molar-refractivity contribution is 5.82. The number of hydrogen-bond donors (Lipinski definition) is 0. The molecule has 0 aromatic heterocycles. The van der Waals surface area contributed by atoms with Crippen LogP contribution in [0.4, 0.5) is 0 Å². The Morgan fingerprint density at radius 2 is 2.07 bits per heavy atom. The van der Waals surface area contributed by atoms with E-state index in [1.165, 1.54) is 32.1 Å². The molecule has 3 heteroatoms. The summed E-state index contributed by atoms with van der Waals surface area (Å²) in [6.07, 6.45) is 6.70. The lowest BCUT2D eigenvalue weighted by atomic mass is 9.89. The third kappa shape index (κ3) is 4.94. The number of Topliss-reactive ketones (excluding diaryl/α,β-unsaturated/α-hetero) is 1. The zero-order valence-electron chi connectivity index (χ0n) is 9.54. The summed E-state index contributed by atoms with van der Waals surface area (Å²) in [4.78, 5) is 13.3. The fourth-order valence-corrected chi connectivity index (χ4v) is 2.32. The van der Waals surface area contributed by atoms with E-state index in [1.54, 1.807) is 0 Å². The van der Waals surface area contributed by atoms with Crippen LogP contribution in [0, 0.1) is 17.2 Å². The van der Waals surface area contributed by atoms with Crippen LogP contribution in [0.15, 0.2) is 0 Å². The smallest absolute Gasteiger partial charge is 0.160 e. The minimum atomic E-state index is 0.0378. The van der Waals surface area contributed by atoms with E-state index in [2.05, 4.69) is 4.90 Å². The SMILES string of the molecule is CN(CC(=O)CC#N)CC1CCCCC1. The first kappa shape index (κ1) is 12.2. The number of rotatable bonds is 5.